The molecule has 0 saturated heterocycles. The van der Waals surface area contributed by atoms with Crippen LogP contribution in [0.25, 0.3) is 0 Å². The van der Waals surface area contributed by atoms with Gasteiger partial charge in [0.2, 0.25) is 4.77 Å². The molecule has 1 aromatic heterocycles. The highest BCUT2D eigenvalue weighted by Gasteiger charge is 1.93. The van der Waals surface area contributed by atoms with Crippen molar-refractivity contribution in [3.63, 3.8) is 0 Å². The van der Waals surface area contributed by atoms with Gasteiger partial charge in [0.25, 0.3) is 0 Å². The minimum absolute atomic E-state index is 0.127. The molecule has 0 saturated carbocycles. The van der Waals surface area contributed by atoms with Crippen molar-refractivity contribution in [1.82, 2.24) is 14.9 Å². The summed E-state index contributed by atoms with van der Waals surface area (Å²) in [6.45, 7) is 0. The second kappa shape index (κ2) is 4.71. The normalized spacial score (nSPS) is 10.8. The smallest absolute Gasteiger partial charge is 0.216 e. The Morgan fingerprint density at radius 3 is 2.71 bits per heavy atom. The Labute approximate surface area is 101 Å². The molecule has 7 heteroatoms. The lowest BCUT2D eigenvalue weighted by Crippen LogP contribution is -2.21. The van der Waals surface area contributed by atoms with Crippen LogP contribution in [0.4, 0.5) is 0 Å². The number of carbonyl (C=O) groups is 1. The molecular formula is C10H7N4O2S-. The fourth-order valence-electron chi connectivity index (χ4n) is 1.16. The van der Waals surface area contributed by atoms with Gasteiger partial charge in [0.15, 0.2) is 0 Å². The maximum atomic E-state index is 10.5. The Balaban J connectivity index is 2.20. The third-order valence-corrected chi connectivity index (χ3v) is 2.29. The standard InChI is InChI=1S/C10H8N4O2S/c15-9(16)8-3-1-7(2-4-8)5-12-14-6-11-13-10(14)17/h1-6H,(H,13,17)(H,15,16)/p-1/b12-5-. The predicted octanol–water partition coefficient (Wildman–Crippen LogP) is 0.186. The van der Waals surface area contributed by atoms with Gasteiger partial charge < -0.3 is 9.90 Å². The van der Waals surface area contributed by atoms with Crippen molar-refractivity contribution in [2.75, 3.05) is 0 Å². The van der Waals surface area contributed by atoms with Crippen LogP contribution in [-0.2, 0) is 0 Å². The van der Waals surface area contributed by atoms with Crippen LogP contribution >= 0.6 is 12.2 Å². The van der Waals surface area contributed by atoms with E-state index < -0.39 is 5.97 Å². The van der Waals surface area contributed by atoms with E-state index in [9.17, 15) is 9.90 Å². The monoisotopic (exact) mass is 247 g/mol. The van der Waals surface area contributed by atoms with Crippen LogP contribution in [0, 0.1) is 4.77 Å². The lowest BCUT2D eigenvalue weighted by atomic mass is 10.1. The van der Waals surface area contributed by atoms with E-state index in [4.69, 9.17) is 12.2 Å². The quantitative estimate of drug-likeness (QED) is 0.619. The van der Waals surface area contributed by atoms with Crippen molar-refractivity contribution in [1.29, 1.82) is 0 Å². The van der Waals surface area contributed by atoms with Gasteiger partial charge in [0.1, 0.15) is 6.33 Å². The molecule has 2 rings (SSSR count). The fourth-order valence-corrected chi connectivity index (χ4v) is 1.31. The number of H-pyrrole nitrogens is 1. The molecule has 0 atom stereocenters. The van der Waals surface area contributed by atoms with Gasteiger partial charge in [0.05, 0.1) is 12.2 Å². The first-order valence-corrected chi connectivity index (χ1v) is 5.05. The average Bonchev–Trinajstić information content (AvgIpc) is 2.73. The molecule has 0 aliphatic rings. The maximum Gasteiger partial charge on any atom is 0.216 e. The number of aromatic carboxylic acids is 1. The van der Waals surface area contributed by atoms with Crippen molar-refractivity contribution in [2.45, 2.75) is 0 Å². The van der Waals surface area contributed by atoms with Crippen molar-refractivity contribution in [2.24, 2.45) is 5.10 Å². The van der Waals surface area contributed by atoms with Gasteiger partial charge in [-0.25, -0.2) is 0 Å². The topological polar surface area (TPSA) is 86.1 Å². The second-order valence-corrected chi connectivity index (χ2v) is 3.55. The number of hydrogen-bond acceptors (Lipinski definition) is 5. The Kier molecular flexibility index (Phi) is 3.10. The van der Waals surface area contributed by atoms with E-state index in [0.717, 1.165) is 5.56 Å². The number of rotatable bonds is 3. The van der Waals surface area contributed by atoms with Crippen molar-refractivity contribution < 1.29 is 9.90 Å². The molecule has 0 fully saturated rings. The minimum Gasteiger partial charge on any atom is -0.545 e. The summed E-state index contributed by atoms with van der Waals surface area (Å²) in [6, 6.07) is 6.15. The number of nitrogens with one attached hydrogen (secondary N) is 1. The number of benzene rings is 1. The van der Waals surface area contributed by atoms with Crippen LogP contribution in [0.15, 0.2) is 35.7 Å². The van der Waals surface area contributed by atoms with E-state index >= 15 is 0 Å². The van der Waals surface area contributed by atoms with Gasteiger partial charge in [-0.3, -0.25) is 5.10 Å². The summed E-state index contributed by atoms with van der Waals surface area (Å²) < 4.78 is 1.77. The Hall–Kier alpha value is -2.28. The van der Waals surface area contributed by atoms with E-state index in [-0.39, 0.29) is 5.56 Å². The van der Waals surface area contributed by atoms with E-state index in [1.54, 1.807) is 18.3 Å². The zero-order valence-electron chi connectivity index (χ0n) is 8.53. The van der Waals surface area contributed by atoms with Crippen molar-refractivity contribution in [3.8, 4) is 0 Å². The number of carboxylic acid groups (broad SMARTS) is 1. The van der Waals surface area contributed by atoms with Gasteiger partial charge in [-0.15, -0.1) is 0 Å². The van der Waals surface area contributed by atoms with Crippen LogP contribution in [-0.4, -0.2) is 27.1 Å². The molecule has 0 spiro atoms. The number of nitrogens with zero attached hydrogens (tertiary/aromatic N) is 3. The summed E-state index contributed by atoms with van der Waals surface area (Å²) >= 11 is 4.90. The summed E-state index contributed by atoms with van der Waals surface area (Å²) in [5.41, 5.74) is 0.875. The third-order valence-electron chi connectivity index (χ3n) is 2.01. The average molecular weight is 247 g/mol. The summed E-state index contributed by atoms with van der Waals surface area (Å²) in [5, 5.41) is 20.8. The number of aromatic amines is 1. The van der Waals surface area contributed by atoms with Crippen LogP contribution in [0.2, 0.25) is 0 Å². The summed E-state index contributed by atoms with van der Waals surface area (Å²) in [4.78, 5) is 10.5. The molecule has 1 N–H and O–H groups in total. The van der Waals surface area contributed by atoms with Crippen LogP contribution in [0.1, 0.15) is 15.9 Å². The van der Waals surface area contributed by atoms with Crippen LogP contribution in [0.3, 0.4) is 0 Å². The van der Waals surface area contributed by atoms with Gasteiger partial charge in [-0.05, 0) is 23.3 Å². The lowest BCUT2D eigenvalue weighted by molar-refractivity contribution is -0.255. The van der Waals surface area contributed by atoms with E-state index in [1.807, 2.05) is 0 Å². The molecule has 17 heavy (non-hydrogen) atoms. The molecule has 2 aromatic rings. The first-order valence-electron chi connectivity index (χ1n) is 4.64. The first kappa shape index (κ1) is 11.2. The number of hydrogen-bond donors (Lipinski definition) is 1. The Bertz CT molecular complexity index is 612. The van der Waals surface area contributed by atoms with E-state index in [0.29, 0.717) is 4.77 Å². The van der Waals surface area contributed by atoms with E-state index in [2.05, 4.69) is 15.3 Å². The summed E-state index contributed by atoms with van der Waals surface area (Å²) in [5.74, 6) is -1.20. The van der Waals surface area contributed by atoms with Crippen LogP contribution < -0.4 is 5.11 Å². The molecule has 0 aliphatic carbocycles. The molecule has 0 unspecified atom stereocenters. The zero-order valence-corrected chi connectivity index (χ0v) is 9.35. The summed E-state index contributed by atoms with van der Waals surface area (Å²) in [7, 11) is 0. The summed E-state index contributed by atoms with van der Waals surface area (Å²) in [6.07, 6.45) is 2.98. The fraction of sp³-hybridized carbons (Fsp3) is 0. The highest BCUT2D eigenvalue weighted by atomic mass is 32.1. The highest BCUT2D eigenvalue weighted by molar-refractivity contribution is 7.71. The van der Waals surface area contributed by atoms with Crippen LogP contribution in [0.5, 0.6) is 0 Å². The van der Waals surface area contributed by atoms with Gasteiger partial charge >= 0.3 is 0 Å². The molecule has 6 nitrogen and oxygen atoms in total. The largest absolute Gasteiger partial charge is 0.545 e. The number of carboxylic acids is 1. The van der Waals surface area contributed by atoms with E-state index in [1.165, 1.54) is 23.1 Å². The van der Waals surface area contributed by atoms with Gasteiger partial charge in [-0.1, -0.05) is 24.3 Å². The predicted molar refractivity (Wildman–Crippen MR) is 61.2 cm³/mol. The molecule has 1 heterocycles. The Morgan fingerprint density at radius 1 is 1.47 bits per heavy atom. The molecular weight excluding hydrogens is 240 g/mol. The molecule has 1 aromatic carbocycles. The second-order valence-electron chi connectivity index (χ2n) is 3.16. The highest BCUT2D eigenvalue weighted by Crippen LogP contribution is 2.01. The van der Waals surface area contributed by atoms with Crippen molar-refractivity contribution >= 4 is 24.4 Å². The maximum absolute atomic E-state index is 10.5. The molecule has 0 radical (unpaired) electrons. The molecule has 0 bridgehead atoms. The molecule has 86 valence electrons. The SMILES string of the molecule is O=C([O-])c1ccc(/C=N\n2cn[nH]c2=S)cc1. The lowest BCUT2D eigenvalue weighted by Gasteiger charge is -2.01. The number of carbonyl (C=O) groups excluding carboxylic acids is 1. The van der Waals surface area contributed by atoms with Crippen molar-refractivity contribution in [3.05, 3.63) is 46.5 Å². The molecule has 0 aliphatic heterocycles. The van der Waals surface area contributed by atoms with Gasteiger partial charge in [-0.2, -0.15) is 14.9 Å². The van der Waals surface area contributed by atoms with Gasteiger partial charge in [0, 0.05) is 0 Å². The minimum atomic E-state index is -1.20. The number of aromatic nitrogens is 3. The molecule has 0 amide bonds. The first-order chi connectivity index (χ1) is 8.16. The Morgan fingerprint density at radius 2 is 2.18 bits per heavy atom. The zero-order chi connectivity index (χ0) is 12.3. The third kappa shape index (κ3) is 2.64.